The molecular weight excluding hydrogens is 416 g/mol. The number of nitrogens with two attached hydrogens (primary N) is 1. The number of anilines is 1. The largest absolute Gasteiger partial charge is 0.431 e. The quantitative estimate of drug-likeness (QED) is 0.704. The minimum atomic E-state index is -2.94. The Morgan fingerprint density at radius 2 is 1.91 bits per heavy atom. The number of imidazole rings is 1. The highest BCUT2D eigenvalue weighted by Crippen LogP contribution is 2.57. The van der Waals surface area contributed by atoms with Crippen LogP contribution in [0.15, 0.2) is 18.5 Å². The first-order valence-electron chi connectivity index (χ1n) is 11.7. The molecule has 9 heteroatoms. The van der Waals surface area contributed by atoms with Crippen molar-refractivity contribution in [2.24, 2.45) is 17.8 Å². The summed E-state index contributed by atoms with van der Waals surface area (Å²) in [7, 11) is 0. The molecule has 2 aliphatic heterocycles. The van der Waals surface area contributed by atoms with Crippen LogP contribution in [0, 0.1) is 17.8 Å². The van der Waals surface area contributed by atoms with Crippen LogP contribution in [0.25, 0.3) is 11.3 Å². The third kappa shape index (κ3) is 3.85. The molecule has 2 aliphatic carbocycles. The Hall–Kier alpha value is -2.26. The first-order valence-corrected chi connectivity index (χ1v) is 11.7. The van der Waals surface area contributed by atoms with E-state index in [1.54, 1.807) is 6.20 Å². The third-order valence-corrected chi connectivity index (χ3v) is 7.58. The zero-order chi connectivity index (χ0) is 21.8. The summed E-state index contributed by atoms with van der Waals surface area (Å²) in [6.45, 7) is 1.10. The summed E-state index contributed by atoms with van der Waals surface area (Å²) < 4.78 is 37.9. The van der Waals surface area contributed by atoms with E-state index in [0.29, 0.717) is 35.4 Å². The highest BCUT2D eigenvalue weighted by Gasteiger charge is 2.58. The summed E-state index contributed by atoms with van der Waals surface area (Å²) in [5, 5.41) is 0. The van der Waals surface area contributed by atoms with Crippen LogP contribution >= 0.6 is 0 Å². The number of alkyl halides is 2. The SMILES string of the molecule is Nc1ncc(-c2cn(C3[C@H]4CN(C5CCOCC5)C[C@@H]34)c(CC3CC3)n2)cc1OC(F)F. The van der Waals surface area contributed by atoms with Crippen molar-refractivity contribution in [3.8, 4) is 17.0 Å². The second-order valence-electron chi connectivity index (χ2n) is 9.70. The van der Waals surface area contributed by atoms with Crippen LogP contribution < -0.4 is 10.5 Å². The summed E-state index contributed by atoms with van der Waals surface area (Å²) in [5.74, 6) is 3.00. The number of hydrogen-bond acceptors (Lipinski definition) is 6. The Balaban J connectivity index is 1.23. The van der Waals surface area contributed by atoms with Gasteiger partial charge < -0.3 is 19.8 Å². The van der Waals surface area contributed by atoms with E-state index in [9.17, 15) is 8.78 Å². The second-order valence-corrected chi connectivity index (χ2v) is 9.70. The van der Waals surface area contributed by atoms with Crippen LogP contribution in [0.5, 0.6) is 5.75 Å². The predicted molar refractivity (Wildman–Crippen MR) is 114 cm³/mol. The highest BCUT2D eigenvalue weighted by atomic mass is 19.3. The molecule has 172 valence electrons. The second kappa shape index (κ2) is 7.95. The van der Waals surface area contributed by atoms with E-state index in [-0.39, 0.29) is 11.6 Å². The Morgan fingerprint density at radius 3 is 2.59 bits per heavy atom. The average Bonchev–Trinajstić information content (AvgIpc) is 3.63. The lowest BCUT2D eigenvalue weighted by Gasteiger charge is -2.32. The zero-order valence-corrected chi connectivity index (χ0v) is 18.0. The zero-order valence-electron chi connectivity index (χ0n) is 18.0. The summed E-state index contributed by atoms with van der Waals surface area (Å²) >= 11 is 0. The van der Waals surface area contributed by atoms with Crippen molar-refractivity contribution < 1.29 is 18.3 Å². The maximum Gasteiger partial charge on any atom is 0.387 e. The number of hydrogen-bond donors (Lipinski definition) is 1. The number of ether oxygens (including phenoxy) is 2. The van der Waals surface area contributed by atoms with Crippen molar-refractivity contribution in [1.29, 1.82) is 0 Å². The van der Waals surface area contributed by atoms with Crippen LogP contribution in [0.4, 0.5) is 14.6 Å². The van der Waals surface area contributed by atoms with Gasteiger partial charge in [-0.3, -0.25) is 4.90 Å². The molecule has 2 aromatic rings. The maximum atomic E-state index is 12.7. The predicted octanol–water partition coefficient (Wildman–Crippen LogP) is 3.36. The van der Waals surface area contributed by atoms with Crippen molar-refractivity contribution in [2.45, 2.75) is 50.8 Å². The number of fused-ring (bicyclic) bond motifs is 1. The van der Waals surface area contributed by atoms with Gasteiger partial charge in [0.15, 0.2) is 11.6 Å². The number of likely N-dealkylation sites (tertiary alicyclic amines) is 1. The standard InChI is InChI=1S/C23H29F2N5O2/c24-23(25)32-19-8-14(9-27-22(19)26)18-12-30(20(28-18)7-13-1-2-13)21-16-10-29(11-17(16)21)15-3-5-31-6-4-15/h8-9,12-13,15-17,21,23H,1-7,10-11H2,(H2,26,27)/t16-,17+,21?. The molecule has 0 spiro atoms. The van der Waals surface area contributed by atoms with Gasteiger partial charge in [0.2, 0.25) is 0 Å². The van der Waals surface area contributed by atoms with Gasteiger partial charge in [-0.1, -0.05) is 0 Å². The number of piperidine rings is 1. The van der Waals surface area contributed by atoms with Gasteiger partial charge in [0.05, 0.1) is 5.69 Å². The van der Waals surface area contributed by atoms with Gasteiger partial charge in [-0.05, 0) is 49.5 Å². The summed E-state index contributed by atoms with van der Waals surface area (Å²) in [6.07, 6.45) is 9.43. The van der Waals surface area contributed by atoms with Gasteiger partial charge in [0.25, 0.3) is 0 Å². The molecule has 2 saturated heterocycles. The Kier molecular flexibility index (Phi) is 5.06. The summed E-state index contributed by atoms with van der Waals surface area (Å²) in [6, 6.07) is 2.66. The molecule has 0 aromatic carbocycles. The molecule has 3 atom stereocenters. The van der Waals surface area contributed by atoms with Gasteiger partial charge >= 0.3 is 6.61 Å². The lowest BCUT2D eigenvalue weighted by Crippen LogP contribution is -2.39. The molecule has 0 radical (unpaired) electrons. The Labute approximate surface area is 185 Å². The summed E-state index contributed by atoms with van der Waals surface area (Å²) in [5.41, 5.74) is 7.11. The number of nitrogen functional groups attached to an aromatic ring is 1. The fourth-order valence-corrected chi connectivity index (χ4v) is 5.63. The van der Waals surface area contributed by atoms with E-state index < -0.39 is 6.61 Å². The van der Waals surface area contributed by atoms with Gasteiger partial charge in [0, 0.05) is 62.8 Å². The lowest BCUT2D eigenvalue weighted by molar-refractivity contribution is -0.0494. The molecule has 4 fully saturated rings. The van der Waals surface area contributed by atoms with Crippen molar-refractivity contribution in [3.05, 3.63) is 24.3 Å². The number of nitrogens with zero attached hydrogens (tertiary/aromatic N) is 4. The van der Waals surface area contributed by atoms with Crippen molar-refractivity contribution in [3.63, 3.8) is 0 Å². The molecule has 32 heavy (non-hydrogen) atoms. The molecule has 0 amide bonds. The maximum absolute atomic E-state index is 12.7. The normalized spacial score (nSPS) is 28.3. The topological polar surface area (TPSA) is 78.4 Å². The summed E-state index contributed by atoms with van der Waals surface area (Å²) in [4.78, 5) is 11.6. The van der Waals surface area contributed by atoms with Crippen LogP contribution in [0.2, 0.25) is 0 Å². The van der Waals surface area contributed by atoms with Gasteiger partial charge in [0.1, 0.15) is 5.82 Å². The average molecular weight is 446 g/mol. The molecule has 4 heterocycles. The van der Waals surface area contributed by atoms with Crippen LogP contribution in [-0.2, 0) is 11.2 Å². The van der Waals surface area contributed by atoms with Crippen molar-refractivity contribution in [2.75, 3.05) is 32.0 Å². The highest BCUT2D eigenvalue weighted by molar-refractivity contribution is 5.63. The number of halogens is 2. The van der Waals surface area contributed by atoms with E-state index in [0.717, 1.165) is 57.1 Å². The van der Waals surface area contributed by atoms with Crippen molar-refractivity contribution >= 4 is 5.82 Å². The van der Waals surface area contributed by atoms with Gasteiger partial charge in [-0.15, -0.1) is 0 Å². The molecular formula is C23H29F2N5O2. The lowest BCUT2D eigenvalue weighted by atomic mass is 10.1. The van der Waals surface area contributed by atoms with Crippen LogP contribution in [0.3, 0.4) is 0 Å². The first-order chi connectivity index (χ1) is 15.6. The Bertz CT molecular complexity index is 977. The molecule has 4 aliphatic rings. The van der Waals surface area contributed by atoms with Crippen molar-refractivity contribution in [1.82, 2.24) is 19.4 Å². The Morgan fingerprint density at radius 1 is 1.16 bits per heavy atom. The minimum absolute atomic E-state index is 0.0448. The molecule has 2 saturated carbocycles. The third-order valence-electron chi connectivity index (χ3n) is 7.58. The monoisotopic (exact) mass is 445 g/mol. The fraction of sp³-hybridized carbons (Fsp3) is 0.652. The van der Waals surface area contributed by atoms with E-state index >= 15 is 0 Å². The molecule has 7 nitrogen and oxygen atoms in total. The van der Waals surface area contributed by atoms with Gasteiger partial charge in [-0.25, -0.2) is 9.97 Å². The molecule has 1 unspecified atom stereocenters. The number of rotatable bonds is 7. The van der Waals surface area contributed by atoms with E-state index in [4.69, 9.17) is 15.5 Å². The van der Waals surface area contributed by atoms with E-state index in [1.165, 1.54) is 18.9 Å². The number of aromatic nitrogens is 3. The van der Waals surface area contributed by atoms with Crippen LogP contribution in [-0.4, -0.2) is 58.4 Å². The molecule has 2 N–H and O–H groups in total. The minimum Gasteiger partial charge on any atom is -0.431 e. The van der Waals surface area contributed by atoms with E-state index in [2.05, 4.69) is 25.4 Å². The molecule has 0 bridgehead atoms. The molecule has 6 rings (SSSR count). The first kappa shape index (κ1) is 20.4. The van der Waals surface area contributed by atoms with Crippen LogP contribution in [0.1, 0.15) is 37.5 Å². The molecule has 2 aromatic heterocycles. The van der Waals surface area contributed by atoms with Gasteiger partial charge in [-0.2, -0.15) is 8.78 Å². The fourth-order valence-electron chi connectivity index (χ4n) is 5.63. The van der Waals surface area contributed by atoms with E-state index in [1.807, 2.05) is 0 Å². The smallest absolute Gasteiger partial charge is 0.387 e. The number of pyridine rings is 1.